The third-order valence-corrected chi connectivity index (χ3v) is 4.45. The summed E-state index contributed by atoms with van der Waals surface area (Å²) in [7, 11) is 0. The number of alkyl halides is 3. The lowest BCUT2D eigenvalue weighted by Gasteiger charge is -2.18. The number of carbonyl (C=O) groups is 4. The Balaban J connectivity index is 1.52. The van der Waals surface area contributed by atoms with Gasteiger partial charge in [0.05, 0.1) is 11.5 Å². The Bertz CT molecular complexity index is 838. The molecule has 156 valence electrons. The summed E-state index contributed by atoms with van der Waals surface area (Å²) < 4.78 is 43.4. The van der Waals surface area contributed by atoms with Crippen molar-refractivity contribution in [3.05, 3.63) is 29.8 Å². The molecule has 1 atom stereocenters. The monoisotopic (exact) mass is 413 g/mol. The van der Waals surface area contributed by atoms with Gasteiger partial charge >= 0.3 is 18.2 Å². The quantitative estimate of drug-likeness (QED) is 0.714. The van der Waals surface area contributed by atoms with Gasteiger partial charge in [0.15, 0.2) is 6.61 Å². The first kappa shape index (κ1) is 20.6. The van der Waals surface area contributed by atoms with Gasteiger partial charge in [-0.15, -0.1) is 0 Å². The van der Waals surface area contributed by atoms with Crippen molar-refractivity contribution in [2.45, 2.75) is 31.5 Å². The van der Waals surface area contributed by atoms with E-state index in [0.717, 1.165) is 29.9 Å². The second kappa shape index (κ2) is 8.10. The van der Waals surface area contributed by atoms with Crippen LogP contribution in [0.5, 0.6) is 0 Å². The summed E-state index contributed by atoms with van der Waals surface area (Å²) in [6, 6.07) is 3.60. The maximum Gasteiger partial charge on any atom is 0.416 e. The van der Waals surface area contributed by atoms with Crippen molar-refractivity contribution in [3.63, 3.8) is 0 Å². The fourth-order valence-corrected chi connectivity index (χ4v) is 2.83. The van der Waals surface area contributed by atoms with Crippen molar-refractivity contribution in [1.29, 1.82) is 0 Å². The van der Waals surface area contributed by atoms with Crippen molar-refractivity contribution in [2.75, 3.05) is 18.1 Å². The minimum absolute atomic E-state index is 0.0228. The molecular weight excluding hydrogens is 395 g/mol. The molecule has 1 heterocycles. The van der Waals surface area contributed by atoms with Gasteiger partial charge in [-0.2, -0.15) is 13.2 Å². The fourth-order valence-electron chi connectivity index (χ4n) is 2.83. The number of benzene rings is 1. The topological polar surface area (TPSA) is 105 Å². The number of esters is 1. The number of hydrogen-bond donors (Lipinski definition) is 2. The molecule has 2 fully saturated rings. The first-order valence-corrected chi connectivity index (χ1v) is 8.88. The molecule has 8 nitrogen and oxygen atoms in total. The van der Waals surface area contributed by atoms with E-state index < -0.39 is 48.1 Å². The lowest BCUT2D eigenvalue weighted by atomic mass is 10.1. The first-order valence-electron chi connectivity index (χ1n) is 8.88. The normalized spacial score (nSPS) is 19.1. The van der Waals surface area contributed by atoms with Gasteiger partial charge in [-0.3, -0.25) is 19.7 Å². The highest BCUT2D eigenvalue weighted by Crippen LogP contribution is 2.33. The average Bonchev–Trinajstić information content (AvgIpc) is 3.37. The van der Waals surface area contributed by atoms with E-state index in [-0.39, 0.29) is 24.7 Å². The molecule has 2 N–H and O–H groups in total. The summed E-state index contributed by atoms with van der Waals surface area (Å²) in [4.78, 5) is 48.4. The smallest absolute Gasteiger partial charge is 0.416 e. The molecule has 1 saturated carbocycles. The van der Waals surface area contributed by atoms with E-state index in [9.17, 15) is 32.3 Å². The Morgan fingerprint density at radius 1 is 1.21 bits per heavy atom. The molecule has 4 amide bonds. The number of urea groups is 1. The van der Waals surface area contributed by atoms with Crippen molar-refractivity contribution in [1.82, 2.24) is 10.6 Å². The number of hydrogen-bond acceptors (Lipinski definition) is 5. The molecule has 3 rings (SSSR count). The molecule has 1 saturated heterocycles. The second-order valence-corrected chi connectivity index (χ2v) is 6.86. The number of anilines is 1. The summed E-state index contributed by atoms with van der Waals surface area (Å²) in [6.07, 6.45) is -3.13. The highest BCUT2D eigenvalue weighted by molar-refractivity contribution is 6.00. The fraction of sp³-hybridized carbons (Fsp3) is 0.444. The van der Waals surface area contributed by atoms with E-state index in [1.54, 1.807) is 0 Å². The Morgan fingerprint density at radius 3 is 2.59 bits per heavy atom. The number of amides is 4. The zero-order valence-electron chi connectivity index (χ0n) is 15.1. The third kappa shape index (κ3) is 5.46. The average molecular weight is 413 g/mol. The molecule has 0 radical (unpaired) electrons. The molecule has 11 heteroatoms. The maximum atomic E-state index is 12.9. The van der Waals surface area contributed by atoms with Gasteiger partial charge in [0.2, 0.25) is 5.91 Å². The van der Waals surface area contributed by atoms with Crippen LogP contribution in [0.25, 0.3) is 0 Å². The molecular formula is C18H18F3N3O5. The van der Waals surface area contributed by atoms with E-state index in [0.29, 0.717) is 0 Å². The molecule has 1 aromatic rings. The van der Waals surface area contributed by atoms with Gasteiger partial charge in [0, 0.05) is 24.7 Å². The largest absolute Gasteiger partial charge is 0.455 e. The molecule has 1 aliphatic heterocycles. The van der Waals surface area contributed by atoms with Crippen LogP contribution in [0.15, 0.2) is 24.3 Å². The molecule has 1 aromatic carbocycles. The Hall–Kier alpha value is -3.11. The van der Waals surface area contributed by atoms with E-state index in [1.807, 2.05) is 5.32 Å². The van der Waals surface area contributed by atoms with E-state index in [1.165, 1.54) is 12.1 Å². The van der Waals surface area contributed by atoms with Crippen LogP contribution in [0.3, 0.4) is 0 Å². The molecule has 2 aliphatic rings. The van der Waals surface area contributed by atoms with Crippen molar-refractivity contribution >= 4 is 29.5 Å². The van der Waals surface area contributed by atoms with Crippen molar-refractivity contribution in [3.8, 4) is 0 Å². The number of rotatable bonds is 5. The zero-order chi connectivity index (χ0) is 21.2. The minimum atomic E-state index is -4.56. The van der Waals surface area contributed by atoms with Gasteiger partial charge < -0.3 is 15.0 Å². The summed E-state index contributed by atoms with van der Waals surface area (Å²) in [5.41, 5.74) is -0.885. The zero-order valence-corrected chi connectivity index (χ0v) is 15.1. The molecule has 0 bridgehead atoms. The number of halogens is 3. The van der Waals surface area contributed by atoms with E-state index in [4.69, 9.17) is 4.74 Å². The molecule has 0 unspecified atom stereocenters. The van der Waals surface area contributed by atoms with Gasteiger partial charge in [0.1, 0.15) is 0 Å². The summed E-state index contributed by atoms with van der Waals surface area (Å²) in [6.45, 7) is -0.867. The summed E-state index contributed by atoms with van der Waals surface area (Å²) in [5, 5.41) is 4.54. The van der Waals surface area contributed by atoms with E-state index >= 15 is 0 Å². The van der Waals surface area contributed by atoms with Crippen LogP contribution in [0, 0.1) is 5.92 Å². The van der Waals surface area contributed by atoms with Crippen LogP contribution < -0.4 is 15.5 Å². The van der Waals surface area contributed by atoms with E-state index in [2.05, 4.69) is 5.32 Å². The van der Waals surface area contributed by atoms with Crippen LogP contribution in [0.1, 0.15) is 24.8 Å². The number of nitrogens with one attached hydrogen (secondary N) is 2. The van der Waals surface area contributed by atoms with Crippen molar-refractivity contribution < 1.29 is 37.1 Å². The predicted octanol–water partition coefficient (Wildman–Crippen LogP) is 1.59. The SMILES string of the molecule is O=C(COC(=O)[C@H]1CC(=O)N(c2cccc(C(F)(F)F)c2)C1)NC(=O)NC1CC1. The summed E-state index contributed by atoms with van der Waals surface area (Å²) in [5.74, 6) is -3.12. The maximum absolute atomic E-state index is 12.9. The summed E-state index contributed by atoms with van der Waals surface area (Å²) >= 11 is 0. The lowest BCUT2D eigenvalue weighted by molar-refractivity contribution is -0.152. The molecule has 29 heavy (non-hydrogen) atoms. The highest BCUT2D eigenvalue weighted by Gasteiger charge is 2.38. The number of nitrogens with zero attached hydrogens (tertiary/aromatic N) is 1. The van der Waals surface area contributed by atoms with Crippen LogP contribution >= 0.6 is 0 Å². The third-order valence-electron chi connectivity index (χ3n) is 4.45. The van der Waals surface area contributed by atoms with Gasteiger partial charge in [-0.05, 0) is 31.0 Å². The second-order valence-electron chi connectivity index (χ2n) is 6.86. The Kier molecular flexibility index (Phi) is 5.76. The first-order chi connectivity index (χ1) is 13.6. The van der Waals surface area contributed by atoms with Crippen molar-refractivity contribution in [2.24, 2.45) is 5.92 Å². The van der Waals surface area contributed by atoms with Gasteiger partial charge in [0.25, 0.3) is 5.91 Å². The predicted molar refractivity (Wildman–Crippen MR) is 92.6 cm³/mol. The Morgan fingerprint density at radius 2 is 1.93 bits per heavy atom. The standard InChI is InChI=1S/C18H18F3N3O5/c19-18(20,21)11-2-1-3-13(7-11)24-8-10(6-15(24)26)16(27)29-9-14(25)23-17(28)22-12-4-5-12/h1-3,7,10,12H,4-6,8-9H2,(H2,22,23,25,28)/t10-/m0/s1. The molecule has 0 aromatic heterocycles. The number of ether oxygens (including phenoxy) is 1. The van der Waals surface area contributed by atoms with Crippen LogP contribution in [-0.2, 0) is 25.3 Å². The highest BCUT2D eigenvalue weighted by atomic mass is 19.4. The number of carbonyl (C=O) groups excluding carboxylic acids is 4. The van der Waals surface area contributed by atoms with Crippen LogP contribution in [-0.4, -0.2) is 43.0 Å². The molecule has 1 aliphatic carbocycles. The Labute approximate surface area is 163 Å². The van der Waals surface area contributed by atoms with Gasteiger partial charge in [-0.25, -0.2) is 4.79 Å². The molecule has 0 spiro atoms. The van der Waals surface area contributed by atoms with Crippen LogP contribution in [0.4, 0.5) is 23.7 Å². The minimum Gasteiger partial charge on any atom is -0.455 e. The van der Waals surface area contributed by atoms with Gasteiger partial charge in [-0.1, -0.05) is 6.07 Å². The number of imide groups is 1. The lowest BCUT2D eigenvalue weighted by Crippen LogP contribution is -2.42. The van der Waals surface area contributed by atoms with Crippen LogP contribution in [0.2, 0.25) is 0 Å².